The van der Waals surface area contributed by atoms with E-state index in [9.17, 15) is 4.79 Å². The lowest BCUT2D eigenvalue weighted by molar-refractivity contribution is 0.0945. The van der Waals surface area contributed by atoms with Crippen molar-refractivity contribution < 1.29 is 4.79 Å². The van der Waals surface area contributed by atoms with E-state index in [1.807, 2.05) is 42.5 Å². The fourth-order valence-corrected chi connectivity index (χ4v) is 2.72. The van der Waals surface area contributed by atoms with Crippen molar-refractivity contribution in [2.24, 2.45) is 0 Å². The monoisotopic (exact) mass is 325 g/mol. The van der Waals surface area contributed by atoms with Crippen molar-refractivity contribution in [1.82, 2.24) is 24.9 Å². The smallest absolute Gasteiger partial charge is 0.273 e. The molecule has 4 rings (SSSR count). The molecular formula is C16H12ClN5O. The van der Waals surface area contributed by atoms with E-state index in [2.05, 4.69) is 20.4 Å². The lowest BCUT2D eigenvalue weighted by Gasteiger charge is -2.00. The Morgan fingerprint density at radius 1 is 1.22 bits per heavy atom. The number of halogens is 1. The summed E-state index contributed by atoms with van der Waals surface area (Å²) in [7, 11) is 0. The summed E-state index contributed by atoms with van der Waals surface area (Å²) < 4.78 is 1.58. The van der Waals surface area contributed by atoms with Gasteiger partial charge in [-0.05, 0) is 24.3 Å². The number of H-pyrrole nitrogens is 1. The van der Waals surface area contributed by atoms with E-state index in [0.717, 1.165) is 11.0 Å². The fraction of sp³-hybridized carbons (Fsp3) is 0.0625. The average molecular weight is 326 g/mol. The van der Waals surface area contributed by atoms with E-state index in [1.165, 1.54) is 0 Å². The minimum Gasteiger partial charge on any atom is -0.343 e. The molecule has 2 N–H and O–H groups in total. The Bertz CT molecular complexity index is 987. The molecule has 3 aromatic heterocycles. The van der Waals surface area contributed by atoms with Crippen LogP contribution in [0.25, 0.3) is 16.6 Å². The third kappa shape index (κ3) is 2.43. The van der Waals surface area contributed by atoms with Gasteiger partial charge in [0.15, 0.2) is 5.69 Å². The maximum atomic E-state index is 12.3. The van der Waals surface area contributed by atoms with Crippen LogP contribution in [-0.2, 0) is 6.54 Å². The Balaban J connectivity index is 1.56. The van der Waals surface area contributed by atoms with Gasteiger partial charge in [0.05, 0.1) is 28.1 Å². The van der Waals surface area contributed by atoms with E-state index in [1.54, 1.807) is 10.7 Å². The largest absolute Gasteiger partial charge is 0.343 e. The molecule has 6 nitrogen and oxygen atoms in total. The molecule has 0 unspecified atom stereocenters. The second-order valence-corrected chi connectivity index (χ2v) is 5.45. The summed E-state index contributed by atoms with van der Waals surface area (Å²) in [4.78, 5) is 19.9. The summed E-state index contributed by atoms with van der Waals surface area (Å²) in [5, 5.41) is 7.33. The van der Waals surface area contributed by atoms with Gasteiger partial charge in [-0.2, -0.15) is 5.10 Å². The molecule has 0 fully saturated rings. The quantitative estimate of drug-likeness (QED) is 0.608. The van der Waals surface area contributed by atoms with Gasteiger partial charge in [-0.3, -0.25) is 4.79 Å². The summed E-state index contributed by atoms with van der Waals surface area (Å²) >= 11 is 6.23. The number of fused-ring (bicyclic) bond motifs is 2. The molecular weight excluding hydrogens is 314 g/mol. The first-order chi connectivity index (χ1) is 11.2. The third-order valence-corrected chi connectivity index (χ3v) is 3.92. The highest BCUT2D eigenvalue weighted by atomic mass is 35.5. The number of hydrogen-bond donors (Lipinski definition) is 2. The molecule has 0 spiro atoms. The van der Waals surface area contributed by atoms with Crippen LogP contribution in [0.3, 0.4) is 0 Å². The molecule has 0 radical (unpaired) electrons. The number of nitrogens with one attached hydrogen (secondary N) is 2. The van der Waals surface area contributed by atoms with Crippen molar-refractivity contribution in [2.45, 2.75) is 6.54 Å². The van der Waals surface area contributed by atoms with Gasteiger partial charge in [-0.1, -0.05) is 29.8 Å². The van der Waals surface area contributed by atoms with Crippen LogP contribution in [-0.4, -0.2) is 25.5 Å². The van der Waals surface area contributed by atoms with Crippen LogP contribution in [0.15, 0.2) is 48.7 Å². The van der Waals surface area contributed by atoms with Gasteiger partial charge >= 0.3 is 0 Å². The van der Waals surface area contributed by atoms with Crippen LogP contribution >= 0.6 is 11.6 Å². The van der Waals surface area contributed by atoms with E-state index in [0.29, 0.717) is 16.4 Å². The molecule has 0 aliphatic carbocycles. The number of aromatic amines is 1. The van der Waals surface area contributed by atoms with Gasteiger partial charge in [0.2, 0.25) is 0 Å². The highest BCUT2D eigenvalue weighted by Crippen LogP contribution is 2.21. The highest BCUT2D eigenvalue weighted by molar-refractivity contribution is 6.36. The predicted molar refractivity (Wildman–Crippen MR) is 87.5 cm³/mol. The Labute approximate surface area is 136 Å². The topological polar surface area (TPSA) is 75.1 Å². The molecule has 0 atom stereocenters. The molecule has 0 bridgehead atoms. The molecule has 0 aliphatic rings. The van der Waals surface area contributed by atoms with Crippen molar-refractivity contribution >= 4 is 34.1 Å². The number of nitrogens with zero attached hydrogens (tertiary/aromatic N) is 3. The number of carbonyl (C=O) groups excluding carboxylic acids is 1. The number of amides is 1. The first kappa shape index (κ1) is 13.8. The van der Waals surface area contributed by atoms with Crippen LogP contribution in [0, 0.1) is 0 Å². The van der Waals surface area contributed by atoms with Crippen molar-refractivity contribution in [3.63, 3.8) is 0 Å². The maximum absolute atomic E-state index is 12.3. The molecule has 7 heteroatoms. The zero-order valence-electron chi connectivity index (χ0n) is 12.0. The van der Waals surface area contributed by atoms with Crippen molar-refractivity contribution in [1.29, 1.82) is 0 Å². The Morgan fingerprint density at radius 2 is 2.04 bits per heavy atom. The Kier molecular flexibility index (Phi) is 3.24. The molecule has 3 heterocycles. The van der Waals surface area contributed by atoms with Crippen LogP contribution in [0.4, 0.5) is 0 Å². The molecule has 4 aromatic rings. The molecule has 114 valence electrons. The summed E-state index contributed by atoms with van der Waals surface area (Å²) in [5.41, 5.74) is 2.70. The van der Waals surface area contributed by atoms with Crippen molar-refractivity contribution in [3.05, 3.63) is 65.2 Å². The number of aromatic nitrogens is 4. The number of benzene rings is 1. The van der Waals surface area contributed by atoms with Crippen molar-refractivity contribution in [3.8, 4) is 0 Å². The van der Waals surface area contributed by atoms with Crippen LogP contribution < -0.4 is 5.32 Å². The molecule has 0 aliphatic heterocycles. The van der Waals surface area contributed by atoms with E-state index >= 15 is 0 Å². The van der Waals surface area contributed by atoms with E-state index in [4.69, 9.17) is 11.6 Å². The van der Waals surface area contributed by atoms with Crippen LogP contribution in [0.5, 0.6) is 0 Å². The zero-order valence-corrected chi connectivity index (χ0v) is 12.7. The standard InChI is InChI=1S/C16H12ClN5O/c17-14-12-7-3-4-8-22(12)21-15(14)16(23)18-9-13-19-10-5-1-2-6-11(10)20-13/h1-8H,9H2,(H,18,23)(H,19,20). The lowest BCUT2D eigenvalue weighted by atomic mass is 10.3. The zero-order chi connectivity index (χ0) is 15.8. The van der Waals surface area contributed by atoms with Gasteiger partial charge in [-0.15, -0.1) is 0 Å². The normalized spacial score (nSPS) is 11.2. The first-order valence-corrected chi connectivity index (χ1v) is 7.45. The minimum absolute atomic E-state index is 0.203. The molecule has 1 aromatic carbocycles. The predicted octanol–water partition coefficient (Wildman–Crippen LogP) is 2.79. The summed E-state index contributed by atoms with van der Waals surface area (Å²) in [6.07, 6.45) is 1.75. The van der Waals surface area contributed by atoms with Crippen LogP contribution in [0.1, 0.15) is 16.3 Å². The van der Waals surface area contributed by atoms with E-state index < -0.39 is 0 Å². The average Bonchev–Trinajstić information content (AvgIpc) is 3.14. The van der Waals surface area contributed by atoms with Gasteiger partial charge in [0.1, 0.15) is 5.82 Å². The number of pyridine rings is 1. The summed E-state index contributed by atoms with van der Waals surface area (Å²) in [6, 6.07) is 13.2. The minimum atomic E-state index is -0.334. The second-order valence-electron chi connectivity index (χ2n) is 5.08. The SMILES string of the molecule is O=C(NCc1nc2ccccc2[nH]1)c1nn2ccccc2c1Cl. The molecule has 0 saturated carbocycles. The fourth-order valence-electron chi connectivity index (χ4n) is 2.45. The summed E-state index contributed by atoms with van der Waals surface area (Å²) in [6.45, 7) is 0.276. The van der Waals surface area contributed by atoms with Gasteiger partial charge < -0.3 is 10.3 Å². The lowest BCUT2D eigenvalue weighted by Crippen LogP contribution is -2.24. The van der Waals surface area contributed by atoms with E-state index in [-0.39, 0.29) is 18.1 Å². The maximum Gasteiger partial charge on any atom is 0.273 e. The van der Waals surface area contributed by atoms with Crippen molar-refractivity contribution in [2.75, 3.05) is 0 Å². The third-order valence-electron chi connectivity index (χ3n) is 3.55. The van der Waals surface area contributed by atoms with Gasteiger partial charge in [0.25, 0.3) is 5.91 Å². The Hall–Kier alpha value is -2.86. The van der Waals surface area contributed by atoms with Gasteiger partial charge in [-0.25, -0.2) is 9.50 Å². The molecule has 23 heavy (non-hydrogen) atoms. The second kappa shape index (κ2) is 5.40. The number of rotatable bonds is 3. The summed E-state index contributed by atoms with van der Waals surface area (Å²) in [5.74, 6) is 0.346. The molecule has 1 amide bonds. The van der Waals surface area contributed by atoms with Gasteiger partial charge in [0, 0.05) is 6.20 Å². The number of carbonyl (C=O) groups is 1. The Morgan fingerprint density at radius 3 is 2.87 bits per heavy atom. The highest BCUT2D eigenvalue weighted by Gasteiger charge is 2.17. The van der Waals surface area contributed by atoms with Crippen LogP contribution in [0.2, 0.25) is 5.02 Å². The number of imidazole rings is 1. The molecule has 0 saturated heterocycles. The number of hydrogen-bond acceptors (Lipinski definition) is 3. The number of para-hydroxylation sites is 2. The first-order valence-electron chi connectivity index (χ1n) is 7.07.